The average Bonchev–Trinajstić information content (AvgIpc) is 2.63. The Morgan fingerprint density at radius 1 is 0.680 bits per heavy atom. The highest BCUT2D eigenvalue weighted by Gasteiger charge is 1.90. The van der Waals surface area contributed by atoms with E-state index in [4.69, 9.17) is 0 Å². The summed E-state index contributed by atoms with van der Waals surface area (Å²) in [6.45, 7) is 2.27. The van der Waals surface area contributed by atoms with Crippen molar-refractivity contribution in [2.75, 3.05) is 7.11 Å². The largest absolute Gasteiger partial charge is 0.466 e. The smallest absolute Gasteiger partial charge is 0.330 e. The minimum atomic E-state index is -0.342. The second kappa shape index (κ2) is 20.2. The molecule has 0 spiro atoms. The van der Waals surface area contributed by atoms with Crippen molar-refractivity contribution in [2.24, 2.45) is 0 Å². The van der Waals surface area contributed by atoms with E-state index in [0.717, 1.165) is 0 Å². The Morgan fingerprint density at radius 2 is 1.16 bits per heavy atom. The number of esters is 1. The molecule has 0 saturated carbocycles. The fourth-order valence-electron chi connectivity index (χ4n) is 2.33. The lowest BCUT2D eigenvalue weighted by Crippen LogP contribution is -1.92. The molecule has 0 aliphatic heterocycles. The molecule has 2 heteroatoms. The highest BCUT2D eigenvalue weighted by Crippen LogP contribution is 2.10. The molecule has 0 aromatic heterocycles. The van der Waals surface area contributed by atoms with Crippen LogP contribution in [0, 0.1) is 0 Å². The highest BCUT2D eigenvalue weighted by atomic mass is 16.5. The van der Waals surface area contributed by atoms with E-state index in [0.29, 0.717) is 0 Å². The molecular weight excluding hydrogens is 308 g/mol. The van der Waals surface area contributed by atoms with Crippen LogP contribution in [0.2, 0.25) is 0 Å². The quantitative estimate of drug-likeness (QED) is 0.140. The molecular formula is C23H36O2. The average molecular weight is 345 g/mol. The first-order chi connectivity index (χ1) is 12.3. The number of ether oxygens (including phenoxy) is 1. The Balaban J connectivity index is 3.48. The van der Waals surface area contributed by atoms with Crippen LogP contribution in [-0.4, -0.2) is 13.1 Å². The van der Waals surface area contributed by atoms with Crippen molar-refractivity contribution < 1.29 is 9.53 Å². The predicted octanol–water partition coefficient (Wildman–Crippen LogP) is 6.86. The third-order valence-electron chi connectivity index (χ3n) is 3.82. The molecule has 0 aromatic rings. The van der Waals surface area contributed by atoms with Gasteiger partial charge in [-0.2, -0.15) is 0 Å². The number of carbonyl (C=O) groups excluding carboxylic acids is 1. The van der Waals surface area contributed by atoms with Crippen molar-refractivity contribution in [3.05, 3.63) is 60.8 Å². The molecule has 0 radical (unpaired) electrons. The number of carbonyl (C=O) groups is 1. The summed E-state index contributed by atoms with van der Waals surface area (Å²) in [4.78, 5) is 10.8. The van der Waals surface area contributed by atoms with Gasteiger partial charge in [0.1, 0.15) is 0 Å². The molecule has 0 aliphatic rings. The number of allylic oxidation sites excluding steroid dienone is 9. The first-order valence-corrected chi connectivity index (χ1v) is 9.72. The summed E-state index contributed by atoms with van der Waals surface area (Å²) in [7, 11) is 1.37. The third-order valence-corrected chi connectivity index (χ3v) is 3.82. The molecule has 25 heavy (non-hydrogen) atoms. The van der Waals surface area contributed by atoms with Gasteiger partial charge in [-0.15, -0.1) is 0 Å². The second-order valence-electron chi connectivity index (χ2n) is 6.08. The van der Waals surface area contributed by atoms with Crippen LogP contribution in [-0.2, 0) is 9.53 Å². The van der Waals surface area contributed by atoms with Gasteiger partial charge in [0.05, 0.1) is 7.11 Å². The van der Waals surface area contributed by atoms with Crippen molar-refractivity contribution in [3.63, 3.8) is 0 Å². The lowest BCUT2D eigenvalue weighted by Gasteiger charge is -2.00. The molecule has 140 valence electrons. The molecule has 0 bridgehead atoms. The van der Waals surface area contributed by atoms with E-state index in [1.54, 1.807) is 12.2 Å². The molecule has 0 aliphatic carbocycles. The standard InChI is InChI=1S/C23H36O2/c1-3-4-5-6-7-8-9-10-11-12-13-14-15-16-17-18-19-20-21-22-23(24)25-2/h13-22H,3-12H2,1-2H3/b14-13+,16-15+,18-17+,20-19+,22-21+. The summed E-state index contributed by atoms with van der Waals surface area (Å²) in [6, 6.07) is 0. The maximum atomic E-state index is 10.8. The Morgan fingerprint density at radius 3 is 1.72 bits per heavy atom. The van der Waals surface area contributed by atoms with Crippen LogP contribution >= 0.6 is 0 Å². The van der Waals surface area contributed by atoms with Crippen molar-refractivity contribution >= 4 is 5.97 Å². The SMILES string of the molecule is CCCCCCCCCCC/C=C/C=C/C=C/C=C/C=C/C(=O)OC. The number of hydrogen-bond donors (Lipinski definition) is 0. The van der Waals surface area contributed by atoms with E-state index in [9.17, 15) is 4.79 Å². The minimum Gasteiger partial charge on any atom is -0.466 e. The fourth-order valence-corrected chi connectivity index (χ4v) is 2.33. The summed E-state index contributed by atoms with van der Waals surface area (Å²) >= 11 is 0. The lowest BCUT2D eigenvalue weighted by atomic mass is 10.1. The first-order valence-electron chi connectivity index (χ1n) is 9.72. The van der Waals surface area contributed by atoms with E-state index >= 15 is 0 Å². The molecule has 0 atom stereocenters. The summed E-state index contributed by atoms with van der Waals surface area (Å²) in [5.41, 5.74) is 0. The van der Waals surface area contributed by atoms with E-state index in [2.05, 4.69) is 23.8 Å². The Labute approximate surface area is 155 Å². The molecule has 0 rings (SSSR count). The van der Waals surface area contributed by atoms with Crippen molar-refractivity contribution in [1.82, 2.24) is 0 Å². The maximum Gasteiger partial charge on any atom is 0.330 e. The lowest BCUT2D eigenvalue weighted by molar-refractivity contribution is -0.134. The second-order valence-corrected chi connectivity index (χ2v) is 6.08. The number of rotatable bonds is 15. The molecule has 0 amide bonds. The number of methoxy groups -OCH3 is 1. The van der Waals surface area contributed by atoms with Crippen LogP contribution in [0.3, 0.4) is 0 Å². The third kappa shape index (κ3) is 20.1. The van der Waals surface area contributed by atoms with Crippen LogP contribution in [0.1, 0.15) is 71.1 Å². The van der Waals surface area contributed by atoms with E-state index in [-0.39, 0.29) is 5.97 Å². The molecule has 0 heterocycles. The Kier molecular flexibility index (Phi) is 18.7. The monoisotopic (exact) mass is 344 g/mol. The fraction of sp³-hybridized carbons (Fsp3) is 0.522. The first kappa shape index (κ1) is 23.2. The van der Waals surface area contributed by atoms with Gasteiger partial charge in [0, 0.05) is 6.08 Å². The van der Waals surface area contributed by atoms with Gasteiger partial charge in [0.15, 0.2) is 0 Å². The Hall–Kier alpha value is -1.83. The van der Waals surface area contributed by atoms with Crippen molar-refractivity contribution in [1.29, 1.82) is 0 Å². The zero-order valence-electron chi connectivity index (χ0n) is 16.2. The van der Waals surface area contributed by atoms with Crippen LogP contribution < -0.4 is 0 Å². The molecule has 0 saturated heterocycles. The van der Waals surface area contributed by atoms with Gasteiger partial charge in [-0.3, -0.25) is 0 Å². The molecule has 0 N–H and O–H groups in total. The molecule has 0 unspecified atom stereocenters. The Bertz CT molecular complexity index is 439. The predicted molar refractivity (Wildman–Crippen MR) is 110 cm³/mol. The summed E-state index contributed by atoms with van der Waals surface area (Å²) in [6.07, 6.45) is 32.6. The van der Waals surface area contributed by atoms with Crippen molar-refractivity contribution in [2.45, 2.75) is 71.1 Å². The van der Waals surface area contributed by atoms with E-state index in [1.807, 2.05) is 30.4 Å². The van der Waals surface area contributed by atoms with Gasteiger partial charge < -0.3 is 4.74 Å². The van der Waals surface area contributed by atoms with Gasteiger partial charge in [-0.1, -0.05) is 113 Å². The highest BCUT2D eigenvalue weighted by molar-refractivity contribution is 5.82. The normalized spacial score (nSPS) is 12.6. The summed E-state index contributed by atoms with van der Waals surface area (Å²) < 4.78 is 4.49. The van der Waals surface area contributed by atoms with Gasteiger partial charge in [-0.05, 0) is 12.8 Å². The van der Waals surface area contributed by atoms with Crippen LogP contribution in [0.4, 0.5) is 0 Å². The summed E-state index contributed by atoms with van der Waals surface area (Å²) in [5, 5.41) is 0. The summed E-state index contributed by atoms with van der Waals surface area (Å²) in [5.74, 6) is -0.342. The van der Waals surface area contributed by atoms with Crippen LogP contribution in [0.25, 0.3) is 0 Å². The van der Waals surface area contributed by atoms with E-state index < -0.39 is 0 Å². The van der Waals surface area contributed by atoms with E-state index in [1.165, 1.54) is 77.4 Å². The van der Waals surface area contributed by atoms with Gasteiger partial charge in [0.25, 0.3) is 0 Å². The topological polar surface area (TPSA) is 26.3 Å². The number of unbranched alkanes of at least 4 members (excludes halogenated alkanes) is 9. The molecule has 0 aromatic carbocycles. The molecule has 2 nitrogen and oxygen atoms in total. The zero-order valence-corrected chi connectivity index (χ0v) is 16.2. The van der Waals surface area contributed by atoms with Gasteiger partial charge in [-0.25, -0.2) is 4.79 Å². The maximum absolute atomic E-state index is 10.8. The molecule has 0 fully saturated rings. The zero-order chi connectivity index (χ0) is 18.4. The van der Waals surface area contributed by atoms with Crippen LogP contribution in [0.15, 0.2) is 60.8 Å². The minimum absolute atomic E-state index is 0.342. The van der Waals surface area contributed by atoms with Gasteiger partial charge >= 0.3 is 5.97 Å². The van der Waals surface area contributed by atoms with Crippen molar-refractivity contribution in [3.8, 4) is 0 Å². The van der Waals surface area contributed by atoms with Crippen LogP contribution in [0.5, 0.6) is 0 Å². The number of hydrogen-bond acceptors (Lipinski definition) is 2. The van der Waals surface area contributed by atoms with Gasteiger partial charge in [0.2, 0.25) is 0 Å².